The van der Waals surface area contributed by atoms with Gasteiger partial charge in [-0.1, -0.05) is 6.07 Å². The van der Waals surface area contributed by atoms with E-state index in [9.17, 15) is 4.79 Å². The molecule has 1 amide bonds. The molecule has 0 radical (unpaired) electrons. The summed E-state index contributed by atoms with van der Waals surface area (Å²) in [6.45, 7) is 7.22. The molecule has 0 saturated carbocycles. The highest BCUT2D eigenvalue weighted by Crippen LogP contribution is 2.30. The number of thiazole rings is 1. The second-order valence-electron chi connectivity index (χ2n) is 5.10. The van der Waals surface area contributed by atoms with Gasteiger partial charge in [-0.05, 0) is 38.5 Å². The minimum atomic E-state index is -0.217. The highest BCUT2D eigenvalue weighted by molar-refractivity contribution is 7.09. The van der Waals surface area contributed by atoms with Crippen LogP contribution in [0.5, 0.6) is 11.5 Å². The predicted octanol–water partition coefficient (Wildman–Crippen LogP) is 2.89. The molecule has 130 valence electrons. The van der Waals surface area contributed by atoms with Crippen molar-refractivity contribution in [2.75, 3.05) is 13.2 Å². The Labute approximate surface area is 146 Å². The quantitative estimate of drug-likeness (QED) is 0.765. The Bertz CT molecular complexity index is 687. The average molecular weight is 349 g/mol. The van der Waals surface area contributed by atoms with Crippen LogP contribution in [0.25, 0.3) is 0 Å². The number of benzene rings is 1. The first-order valence-corrected chi connectivity index (χ1v) is 8.81. The van der Waals surface area contributed by atoms with Crippen molar-refractivity contribution >= 4 is 17.2 Å². The SMILES string of the molecule is CCOc1ccc(C(C)NC(=O)c2csc(CN)n2)cc1OCC. The summed E-state index contributed by atoms with van der Waals surface area (Å²) in [5.41, 5.74) is 6.86. The molecule has 1 heterocycles. The molecule has 3 N–H and O–H groups in total. The van der Waals surface area contributed by atoms with Crippen LogP contribution in [0, 0.1) is 0 Å². The highest BCUT2D eigenvalue weighted by atomic mass is 32.1. The second kappa shape index (κ2) is 8.65. The van der Waals surface area contributed by atoms with Gasteiger partial charge in [-0.2, -0.15) is 0 Å². The zero-order chi connectivity index (χ0) is 17.5. The molecule has 2 aromatic rings. The molecule has 7 heteroatoms. The predicted molar refractivity (Wildman–Crippen MR) is 94.7 cm³/mol. The molecule has 0 saturated heterocycles. The Kier molecular flexibility index (Phi) is 6.57. The van der Waals surface area contributed by atoms with Crippen LogP contribution in [-0.4, -0.2) is 24.1 Å². The summed E-state index contributed by atoms with van der Waals surface area (Å²) in [5, 5.41) is 5.40. The number of amides is 1. The molecule has 6 nitrogen and oxygen atoms in total. The molecule has 0 aliphatic heterocycles. The van der Waals surface area contributed by atoms with E-state index in [4.69, 9.17) is 15.2 Å². The number of hydrogen-bond acceptors (Lipinski definition) is 6. The van der Waals surface area contributed by atoms with Crippen LogP contribution in [-0.2, 0) is 6.54 Å². The van der Waals surface area contributed by atoms with Gasteiger partial charge in [-0.25, -0.2) is 4.98 Å². The van der Waals surface area contributed by atoms with Crippen molar-refractivity contribution in [3.05, 3.63) is 39.8 Å². The summed E-state index contributed by atoms with van der Waals surface area (Å²) in [4.78, 5) is 16.5. The molecule has 2 rings (SSSR count). The number of nitrogens with zero attached hydrogens (tertiary/aromatic N) is 1. The normalized spacial score (nSPS) is 11.8. The smallest absolute Gasteiger partial charge is 0.271 e. The van der Waals surface area contributed by atoms with Crippen molar-refractivity contribution in [2.45, 2.75) is 33.4 Å². The third-order valence-corrected chi connectivity index (χ3v) is 4.25. The van der Waals surface area contributed by atoms with Gasteiger partial charge in [-0.15, -0.1) is 11.3 Å². The molecular weight excluding hydrogens is 326 g/mol. The maximum absolute atomic E-state index is 12.3. The summed E-state index contributed by atoms with van der Waals surface area (Å²) in [7, 11) is 0. The van der Waals surface area contributed by atoms with Gasteiger partial charge in [0.1, 0.15) is 10.7 Å². The third-order valence-electron chi connectivity index (χ3n) is 3.37. The minimum Gasteiger partial charge on any atom is -0.490 e. The molecule has 1 atom stereocenters. The van der Waals surface area contributed by atoms with Crippen molar-refractivity contribution in [1.29, 1.82) is 0 Å². The van der Waals surface area contributed by atoms with Crippen molar-refractivity contribution < 1.29 is 14.3 Å². The molecule has 1 unspecified atom stereocenters. The first-order valence-electron chi connectivity index (χ1n) is 7.93. The van der Waals surface area contributed by atoms with Gasteiger partial charge in [-0.3, -0.25) is 4.79 Å². The van der Waals surface area contributed by atoms with E-state index in [-0.39, 0.29) is 11.9 Å². The van der Waals surface area contributed by atoms with Crippen LogP contribution in [0.2, 0.25) is 0 Å². The van der Waals surface area contributed by atoms with Gasteiger partial charge in [0.05, 0.1) is 19.3 Å². The van der Waals surface area contributed by atoms with Gasteiger partial charge in [0.2, 0.25) is 0 Å². The van der Waals surface area contributed by atoms with Crippen LogP contribution in [0.1, 0.15) is 47.9 Å². The van der Waals surface area contributed by atoms with E-state index in [1.54, 1.807) is 5.38 Å². The van der Waals surface area contributed by atoms with E-state index < -0.39 is 0 Å². The number of carbonyl (C=O) groups is 1. The lowest BCUT2D eigenvalue weighted by Crippen LogP contribution is -2.27. The van der Waals surface area contributed by atoms with Crippen molar-refractivity contribution in [2.24, 2.45) is 5.73 Å². The molecule has 0 bridgehead atoms. The molecule has 0 spiro atoms. The maximum Gasteiger partial charge on any atom is 0.271 e. The van der Waals surface area contributed by atoms with Gasteiger partial charge in [0.25, 0.3) is 5.91 Å². The van der Waals surface area contributed by atoms with E-state index in [1.807, 2.05) is 39.0 Å². The number of nitrogens with two attached hydrogens (primary N) is 1. The van der Waals surface area contributed by atoms with Gasteiger partial charge in [0.15, 0.2) is 11.5 Å². The summed E-state index contributed by atoms with van der Waals surface area (Å²) >= 11 is 1.38. The zero-order valence-electron chi connectivity index (χ0n) is 14.2. The summed E-state index contributed by atoms with van der Waals surface area (Å²) in [6, 6.07) is 5.49. The van der Waals surface area contributed by atoms with Gasteiger partial charge >= 0.3 is 0 Å². The molecule has 0 aliphatic rings. The summed E-state index contributed by atoms with van der Waals surface area (Å²) in [5.74, 6) is 1.16. The average Bonchev–Trinajstić information content (AvgIpc) is 3.06. The lowest BCUT2D eigenvalue weighted by atomic mass is 10.1. The minimum absolute atomic E-state index is 0.185. The topological polar surface area (TPSA) is 86.5 Å². The fourth-order valence-electron chi connectivity index (χ4n) is 2.20. The number of ether oxygens (including phenoxy) is 2. The van der Waals surface area contributed by atoms with Crippen LogP contribution in [0.15, 0.2) is 23.6 Å². The van der Waals surface area contributed by atoms with Crippen LogP contribution in [0.3, 0.4) is 0 Å². The monoisotopic (exact) mass is 349 g/mol. The fraction of sp³-hybridized carbons (Fsp3) is 0.412. The summed E-state index contributed by atoms with van der Waals surface area (Å²) < 4.78 is 11.2. The van der Waals surface area contributed by atoms with Crippen molar-refractivity contribution in [3.63, 3.8) is 0 Å². The van der Waals surface area contributed by atoms with E-state index in [2.05, 4.69) is 10.3 Å². The largest absolute Gasteiger partial charge is 0.490 e. The Balaban J connectivity index is 2.12. The van der Waals surface area contributed by atoms with E-state index in [1.165, 1.54) is 11.3 Å². The zero-order valence-corrected chi connectivity index (χ0v) is 15.0. The lowest BCUT2D eigenvalue weighted by Gasteiger charge is -2.17. The van der Waals surface area contributed by atoms with E-state index >= 15 is 0 Å². The molecule has 0 fully saturated rings. The molecular formula is C17H23N3O3S. The van der Waals surface area contributed by atoms with Crippen LogP contribution >= 0.6 is 11.3 Å². The standard InChI is InChI=1S/C17H23N3O3S/c1-4-22-14-7-6-12(8-15(14)23-5-2)11(3)19-17(21)13-10-24-16(9-18)20-13/h6-8,10-11H,4-5,9,18H2,1-3H3,(H,19,21). The van der Waals surface area contributed by atoms with E-state index in [0.29, 0.717) is 37.0 Å². The Morgan fingerprint density at radius 1 is 1.29 bits per heavy atom. The molecule has 0 aliphatic carbocycles. The highest BCUT2D eigenvalue weighted by Gasteiger charge is 2.16. The first kappa shape index (κ1) is 18.2. The lowest BCUT2D eigenvalue weighted by molar-refractivity contribution is 0.0935. The second-order valence-corrected chi connectivity index (χ2v) is 6.04. The fourth-order valence-corrected chi connectivity index (χ4v) is 2.85. The molecule has 24 heavy (non-hydrogen) atoms. The third kappa shape index (κ3) is 4.46. The first-order chi connectivity index (χ1) is 11.6. The van der Waals surface area contributed by atoms with Crippen LogP contribution < -0.4 is 20.5 Å². The number of aromatic nitrogens is 1. The number of rotatable bonds is 8. The molecule has 1 aromatic heterocycles. The molecule has 1 aromatic carbocycles. The van der Waals surface area contributed by atoms with Gasteiger partial charge < -0.3 is 20.5 Å². The summed E-state index contributed by atoms with van der Waals surface area (Å²) in [6.07, 6.45) is 0. The maximum atomic E-state index is 12.3. The van der Waals surface area contributed by atoms with Gasteiger partial charge in [0, 0.05) is 11.9 Å². The van der Waals surface area contributed by atoms with Crippen molar-refractivity contribution in [3.8, 4) is 11.5 Å². The Hall–Kier alpha value is -2.12. The number of hydrogen-bond donors (Lipinski definition) is 2. The van der Waals surface area contributed by atoms with E-state index in [0.717, 1.165) is 10.6 Å². The Morgan fingerprint density at radius 3 is 2.62 bits per heavy atom. The Morgan fingerprint density at radius 2 is 2.00 bits per heavy atom. The number of nitrogens with one attached hydrogen (secondary N) is 1. The number of carbonyl (C=O) groups excluding carboxylic acids is 1. The van der Waals surface area contributed by atoms with Crippen molar-refractivity contribution in [1.82, 2.24) is 10.3 Å². The van der Waals surface area contributed by atoms with Crippen LogP contribution in [0.4, 0.5) is 0 Å².